The van der Waals surface area contributed by atoms with Crippen LogP contribution in [0.1, 0.15) is 10.4 Å². The van der Waals surface area contributed by atoms with E-state index in [1.165, 1.54) is 19.2 Å². The molecule has 0 aliphatic carbocycles. The van der Waals surface area contributed by atoms with Crippen molar-refractivity contribution in [1.82, 2.24) is 5.32 Å². The van der Waals surface area contributed by atoms with Crippen LogP contribution in [0.15, 0.2) is 18.2 Å². The second-order valence-electron chi connectivity index (χ2n) is 3.81. The molecule has 2 N–H and O–H groups in total. The Morgan fingerprint density at radius 1 is 1.47 bits per heavy atom. The molecule has 0 unspecified atom stereocenters. The molecule has 0 spiro atoms. The lowest BCUT2D eigenvalue weighted by atomic mass is 10.1. The van der Waals surface area contributed by atoms with Crippen molar-refractivity contribution in [2.24, 2.45) is 0 Å². The molecule has 7 nitrogen and oxygen atoms in total. The number of nitrogens with one attached hydrogen (secondary N) is 2. The summed E-state index contributed by atoms with van der Waals surface area (Å²) < 4.78 is 9.60. The van der Waals surface area contributed by atoms with Gasteiger partial charge < -0.3 is 20.1 Å². The monoisotopic (exact) mass is 264 g/mol. The Bertz CT molecular complexity index is 541. The molecule has 1 aromatic rings. The van der Waals surface area contributed by atoms with Gasteiger partial charge >= 0.3 is 5.97 Å². The number of benzene rings is 1. The van der Waals surface area contributed by atoms with Crippen LogP contribution in [0, 0.1) is 0 Å². The number of ether oxygens (including phenoxy) is 2. The minimum atomic E-state index is -0.533. The summed E-state index contributed by atoms with van der Waals surface area (Å²) in [4.78, 5) is 33.7. The van der Waals surface area contributed by atoms with Gasteiger partial charge in [-0.25, -0.2) is 0 Å². The van der Waals surface area contributed by atoms with Gasteiger partial charge in [0, 0.05) is 5.56 Å². The fourth-order valence-electron chi connectivity index (χ4n) is 1.54. The molecule has 0 fully saturated rings. The normalized spacial score (nSPS) is 12.8. The second kappa shape index (κ2) is 5.38. The molecule has 2 rings (SSSR count). The molecule has 0 saturated carbocycles. The van der Waals surface area contributed by atoms with E-state index in [9.17, 15) is 14.4 Å². The van der Waals surface area contributed by atoms with Crippen LogP contribution in [0.3, 0.4) is 0 Å². The molecule has 1 aliphatic heterocycles. The van der Waals surface area contributed by atoms with Gasteiger partial charge in [0.1, 0.15) is 12.3 Å². The van der Waals surface area contributed by atoms with Crippen molar-refractivity contribution in [2.45, 2.75) is 0 Å². The fourth-order valence-corrected chi connectivity index (χ4v) is 1.54. The van der Waals surface area contributed by atoms with Crippen LogP contribution < -0.4 is 15.4 Å². The number of anilines is 1. The number of esters is 1. The lowest BCUT2D eigenvalue weighted by molar-refractivity contribution is -0.139. The molecule has 0 bridgehead atoms. The number of rotatable bonds is 3. The molecule has 2 amide bonds. The van der Waals surface area contributed by atoms with Crippen molar-refractivity contribution >= 4 is 23.5 Å². The number of carbonyl (C=O) groups excluding carboxylic acids is 3. The molecule has 1 heterocycles. The summed E-state index contributed by atoms with van der Waals surface area (Å²) in [5, 5.41) is 5.02. The predicted octanol–water partition coefficient (Wildman–Crippen LogP) is -0.0797. The average molecular weight is 264 g/mol. The van der Waals surface area contributed by atoms with Crippen LogP contribution in [-0.2, 0) is 14.3 Å². The Kier molecular flexibility index (Phi) is 3.65. The van der Waals surface area contributed by atoms with Crippen molar-refractivity contribution in [3.8, 4) is 5.75 Å². The van der Waals surface area contributed by atoms with E-state index < -0.39 is 11.9 Å². The van der Waals surface area contributed by atoms with Crippen molar-refractivity contribution in [1.29, 1.82) is 0 Å². The van der Waals surface area contributed by atoms with Gasteiger partial charge in [-0.15, -0.1) is 0 Å². The molecule has 19 heavy (non-hydrogen) atoms. The van der Waals surface area contributed by atoms with E-state index in [1.54, 1.807) is 6.07 Å². The number of carbonyl (C=O) groups is 3. The Morgan fingerprint density at radius 2 is 2.26 bits per heavy atom. The summed E-state index contributed by atoms with van der Waals surface area (Å²) in [5.74, 6) is -0.774. The minimum Gasteiger partial charge on any atom is -0.482 e. The fraction of sp³-hybridized carbons (Fsp3) is 0.250. The van der Waals surface area contributed by atoms with Crippen LogP contribution in [-0.4, -0.2) is 38.0 Å². The van der Waals surface area contributed by atoms with E-state index in [2.05, 4.69) is 15.4 Å². The zero-order chi connectivity index (χ0) is 13.8. The first-order chi connectivity index (χ1) is 9.10. The maximum atomic E-state index is 11.8. The molecule has 0 atom stereocenters. The molecular weight excluding hydrogens is 252 g/mol. The maximum Gasteiger partial charge on any atom is 0.325 e. The third-order valence-electron chi connectivity index (χ3n) is 2.50. The standard InChI is InChI=1S/C12H12N2O5/c1-18-11(16)5-13-12(17)7-2-3-8-9(4-7)19-6-10(15)14-8/h2-4H,5-6H2,1H3,(H,13,17)(H,14,15). The Labute approximate surface area is 108 Å². The highest BCUT2D eigenvalue weighted by Crippen LogP contribution is 2.28. The van der Waals surface area contributed by atoms with Gasteiger partial charge in [-0.3, -0.25) is 14.4 Å². The quantitative estimate of drug-likeness (QED) is 0.745. The molecule has 0 saturated heterocycles. The molecule has 1 aliphatic rings. The lowest BCUT2D eigenvalue weighted by Gasteiger charge is -2.18. The summed E-state index contributed by atoms with van der Waals surface area (Å²) in [7, 11) is 1.24. The zero-order valence-corrected chi connectivity index (χ0v) is 10.2. The number of fused-ring (bicyclic) bond motifs is 1. The van der Waals surface area contributed by atoms with Crippen LogP contribution >= 0.6 is 0 Å². The first-order valence-electron chi connectivity index (χ1n) is 5.52. The van der Waals surface area contributed by atoms with Gasteiger partial charge in [-0.2, -0.15) is 0 Å². The van der Waals surface area contributed by atoms with Gasteiger partial charge in [0.2, 0.25) is 0 Å². The maximum absolute atomic E-state index is 11.8. The molecule has 7 heteroatoms. The first kappa shape index (κ1) is 12.9. The van der Waals surface area contributed by atoms with Crippen LogP contribution in [0.5, 0.6) is 5.75 Å². The van der Waals surface area contributed by atoms with Gasteiger partial charge in [-0.1, -0.05) is 0 Å². The number of hydrogen-bond acceptors (Lipinski definition) is 5. The van der Waals surface area contributed by atoms with E-state index in [0.717, 1.165) is 0 Å². The average Bonchev–Trinajstić information content (AvgIpc) is 2.43. The van der Waals surface area contributed by atoms with Crippen LogP contribution in [0.2, 0.25) is 0 Å². The van der Waals surface area contributed by atoms with Crippen molar-refractivity contribution in [3.63, 3.8) is 0 Å². The number of methoxy groups -OCH3 is 1. The molecule has 1 aromatic carbocycles. The summed E-state index contributed by atoms with van der Waals surface area (Å²) >= 11 is 0. The Balaban J connectivity index is 2.07. The zero-order valence-electron chi connectivity index (χ0n) is 10.2. The lowest BCUT2D eigenvalue weighted by Crippen LogP contribution is -2.30. The third-order valence-corrected chi connectivity index (χ3v) is 2.50. The SMILES string of the molecule is COC(=O)CNC(=O)c1ccc2c(c1)OCC(=O)N2. The van der Waals surface area contributed by atoms with Gasteiger partial charge in [0.15, 0.2) is 6.61 Å². The smallest absolute Gasteiger partial charge is 0.325 e. The highest BCUT2D eigenvalue weighted by Gasteiger charge is 2.18. The van der Waals surface area contributed by atoms with E-state index in [0.29, 0.717) is 17.0 Å². The first-order valence-corrected chi connectivity index (χ1v) is 5.52. The van der Waals surface area contributed by atoms with Gasteiger partial charge in [-0.05, 0) is 18.2 Å². The third kappa shape index (κ3) is 3.01. The predicted molar refractivity (Wildman–Crippen MR) is 64.9 cm³/mol. The van der Waals surface area contributed by atoms with Crippen molar-refractivity contribution in [3.05, 3.63) is 23.8 Å². The van der Waals surface area contributed by atoms with Gasteiger partial charge in [0.05, 0.1) is 12.8 Å². The summed E-state index contributed by atoms with van der Waals surface area (Å²) in [6, 6.07) is 4.60. The topological polar surface area (TPSA) is 93.7 Å². The molecular formula is C12H12N2O5. The molecule has 0 aromatic heterocycles. The minimum absolute atomic E-state index is 0.0831. The molecule has 100 valence electrons. The second-order valence-corrected chi connectivity index (χ2v) is 3.81. The van der Waals surface area contributed by atoms with E-state index in [-0.39, 0.29) is 19.1 Å². The summed E-state index contributed by atoms with van der Waals surface area (Å²) in [6.07, 6.45) is 0. The summed E-state index contributed by atoms with van der Waals surface area (Å²) in [5.41, 5.74) is 0.847. The Morgan fingerprint density at radius 3 is 3.00 bits per heavy atom. The highest BCUT2D eigenvalue weighted by atomic mass is 16.5. The van der Waals surface area contributed by atoms with E-state index >= 15 is 0 Å². The van der Waals surface area contributed by atoms with Crippen molar-refractivity contribution in [2.75, 3.05) is 25.6 Å². The van der Waals surface area contributed by atoms with Crippen molar-refractivity contribution < 1.29 is 23.9 Å². The van der Waals surface area contributed by atoms with Crippen LogP contribution in [0.25, 0.3) is 0 Å². The Hall–Kier alpha value is -2.57. The largest absolute Gasteiger partial charge is 0.482 e. The van der Waals surface area contributed by atoms with Crippen LogP contribution in [0.4, 0.5) is 5.69 Å². The highest BCUT2D eigenvalue weighted by molar-refractivity contribution is 5.99. The van der Waals surface area contributed by atoms with E-state index in [4.69, 9.17) is 4.74 Å². The summed E-state index contributed by atoms with van der Waals surface area (Å²) in [6.45, 7) is -0.287. The number of hydrogen-bond donors (Lipinski definition) is 2. The van der Waals surface area contributed by atoms with E-state index in [1.807, 2.05) is 0 Å². The number of amides is 2. The molecule has 0 radical (unpaired) electrons. The van der Waals surface area contributed by atoms with Gasteiger partial charge in [0.25, 0.3) is 11.8 Å².